The molecule has 0 amide bonds. The molecule has 1 aliphatic rings. The van der Waals surface area contributed by atoms with Gasteiger partial charge in [-0.1, -0.05) is 31.2 Å². The Hall–Kier alpha value is -1.36. The van der Waals surface area contributed by atoms with Crippen LogP contribution in [0.5, 0.6) is 0 Å². The normalized spacial score (nSPS) is 24.1. The maximum absolute atomic E-state index is 11.0. The number of aliphatic hydroxyl groups is 1. The van der Waals surface area contributed by atoms with E-state index in [9.17, 15) is 9.90 Å². The van der Waals surface area contributed by atoms with Crippen LogP contribution in [0, 0.1) is 11.8 Å². The lowest BCUT2D eigenvalue weighted by atomic mass is 9.85. The highest BCUT2D eigenvalue weighted by Gasteiger charge is 2.40. The zero-order valence-electron chi connectivity index (χ0n) is 17.0. The summed E-state index contributed by atoms with van der Waals surface area (Å²) in [7, 11) is 0. The minimum Gasteiger partial charge on any atom is -0.477 e. The number of aliphatic hydroxyl groups excluding tert-OH is 1. The SMILES string of the molecule is CCc1cccc(CCC[C@@H]2[C@@H](CCCc3ccc(C(=O)O)s3)[C@H](Cl)C[C@H]2O)c1. The number of alkyl halides is 1. The Bertz CT molecular complexity index is 803. The lowest BCUT2D eigenvalue weighted by Gasteiger charge is -2.23. The average Bonchev–Trinajstić information content (AvgIpc) is 3.28. The third-order valence-corrected chi connectivity index (χ3v) is 7.85. The molecule has 3 rings (SSSR count). The zero-order valence-corrected chi connectivity index (χ0v) is 18.6. The highest BCUT2D eigenvalue weighted by atomic mass is 35.5. The van der Waals surface area contributed by atoms with E-state index < -0.39 is 5.97 Å². The Kier molecular flexibility index (Phi) is 8.16. The first kappa shape index (κ1) is 22.3. The number of hydrogen-bond donors (Lipinski definition) is 2. The van der Waals surface area contributed by atoms with E-state index in [-0.39, 0.29) is 17.4 Å². The van der Waals surface area contributed by atoms with Gasteiger partial charge in [0, 0.05) is 10.3 Å². The molecule has 0 saturated heterocycles. The van der Waals surface area contributed by atoms with Gasteiger partial charge in [0.25, 0.3) is 0 Å². The summed E-state index contributed by atoms with van der Waals surface area (Å²) in [5.74, 6) is -0.247. The largest absolute Gasteiger partial charge is 0.477 e. The lowest BCUT2D eigenvalue weighted by Crippen LogP contribution is -2.21. The van der Waals surface area contributed by atoms with Crippen molar-refractivity contribution in [1.29, 1.82) is 0 Å². The van der Waals surface area contributed by atoms with Crippen molar-refractivity contribution in [2.45, 2.75) is 69.8 Å². The second-order valence-corrected chi connectivity index (χ2v) is 9.90. The lowest BCUT2D eigenvalue weighted by molar-refractivity contribution is 0.0702. The minimum absolute atomic E-state index is 0.0383. The predicted molar refractivity (Wildman–Crippen MR) is 120 cm³/mol. The van der Waals surface area contributed by atoms with Gasteiger partial charge in [-0.3, -0.25) is 0 Å². The maximum atomic E-state index is 11.0. The van der Waals surface area contributed by atoms with Gasteiger partial charge in [0.05, 0.1) is 6.10 Å². The van der Waals surface area contributed by atoms with Gasteiger partial charge in [-0.2, -0.15) is 0 Å². The second kappa shape index (κ2) is 10.6. The first-order chi connectivity index (χ1) is 14.0. The van der Waals surface area contributed by atoms with Gasteiger partial charge in [-0.05, 0) is 86.5 Å². The number of benzene rings is 1. The Labute approximate surface area is 182 Å². The summed E-state index contributed by atoms with van der Waals surface area (Å²) in [4.78, 5) is 12.5. The summed E-state index contributed by atoms with van der Waals surface area (Å²) in [6.07, 6.45) is 7.42. The van der Waals surface area contributed by atoms with Crippen LogP contribution in [0.15, 0.2) is 36.4 Å². The number of halogens is 1. The molecule has 4 atom stereocenters. The van der Waals surface area contributed by atoms with E-state index in [1.54, 1.807) is 6.07 Å². The molecule has 1 heterocycles. The van der Waals surface area contributed by atoms with E-state index in [2.05, 4.69) is 31.2 Å². The molecule has 2 aromatic rings. The minimum atomic E-state index is -0.856. The number of aromatic carboxylic acids is 1. The molecular formula is C24H31ClO3S. The van der Waals surface area contributed by atoms with Gasteiger partial charge in [0.2, 0.25) is 0 Å². The standard InChI is InChI=1S/C24H31ClO3S/c1-2-16-6-3-7-17(14-16)8-4-11-20-19(21(25)15-22(20)26)10-5-9-18-12-13-23(29-18)24(27)28/h3,6-7,12-14,19-22,26H,2,4-5,8-11,15H2,1H3,(H,27,28)/t19-,20-,21-,22-/m1/s1. The highest BCUT2D eigenvalue weighted by Crippen LogP contribution is 2.42. The van der Waals surface area contributed by atoms with Crippen LogP contribution in [0.1, 0.15) is 64.7 Å². The molecule has 2 N–H and O–H groups in total. The van der Waals surface area contributed by atoms with E-state index in [1.807, 2.05) is 6.07 Å². The fourth-order valence-electron chi connectivity index (χ4n) is 4.62. The molecule has 29 heavy (non-hydrogen) atoms. The van der Waals surface area contributed by atoms with Crippen LogP contribution in [0.2, 0.25) is 0 Å². The van der Waals surface area contributed by atoms with Crippen molar-refractivity contribution < 1.29 is 15.0 Å². The molecule has 1 aromatic heterocycles. The van der Waals surface area contributed by atoms with Crippen molar-refractivity contribution in [2.75, 3.05) is 0 Å². The number of carbonyl (C=O) groups is 1. The summed E-state index contributed by atoms with van der Waals surface area (Å²) in [6.45, 7) is 2.18. The first-order valence-corrected chi connectivity index (χ1v) is 11.9. The summed E-state index contributed by atoms with van der Waals surface area (Å²) in [5.41, 5.74) is 2.75. The highest BCUT2D eigenvalue weighted by molar-refractivity contribution is 7.13. The Morgan fingerprint density at radius 1 is 1.10 bits per heavy atom. The van der Waals surface area contributed by atoms with Gasteiger partial charge < -0.3 is 10.2 Å². The third kappa shape index (κ3) is 6.07. The van der Waals surface area contributed by atoms with Gasteiger partial charge in [-0.15, -0.1) is 22.9 Å². The van der Waals surface area contributed by atoms with Gasteiger partial charge in [-0.25, -0.2) is 4.79 Å². The molecule has 0 unspecified atom stereocenters. The predicted octanol–water partition coefficient (Wildman–Crippen LogP) is 5.96. The molecule has 0 bridgehead atoms. The number of carboxylic acids is 1. The quantitative estimate of drug-likeness (QED) is 0.453. The van der Waals surface area contributed by atoms with E-state index in [1.165, 1.54) is 22.5 Å². The summed E-state index contributed by atoms with van der Waals surface area (Å²) >= 11 is 7.95. The number of rotatable bonds is 10. The summed E-state index contributed by atoms with van der Waals surface area (Å²) in [5, 5.41) is 19.6. The average molecular weight is 435 g/mol. The molecule has 5 heteroatoms. The third-order valence-electron chi connectivity index (χ3n) is 6.21. The molecular weight excluding hydrogens is 404 g/mol. The van der Waals surface area contributed by atoms with Crippen molar-refractivity contribution in [3.63, 3.8) is 0 Å². The molecule has 1 fully saturated rings. The Morgan fingerprint density at radius 2 is 1.83 bits per heavy atom. The van der Waals surface area contributed by atoms with Gasteiger partial charge in [0.1, 0.15) is 4.88 Å². The Balaban J connectivity index is 1.49. The van der Waals surface area contributed by atoms with Gasteiger partial charge in [0.15, 0.2) is 0 Å². The molecule has 158 valence electrons. The molecule has 1 saturated carbocycles. The van der Waals surface area contributed by atoms with Crippen molar-refractivity contribution in [1.82, 2.24) is 0 Å². The summed E-state index contributed by atoms with van der Waals surface area (Å²) in [6, 6.07) is 12.4. The number of thiophene rings is 1. The molecule has 3 nitrogen and oxygen atoms in total. The monoisotopic (exact) mass is 434 g/mol. The molecule has 0 aliphatic heterocycles. The zero-order chi connectivity index (χ0) is 20.8. The maximum Gasteiger partial charge on any atom is 0.345 e. The molecule has 1 aromatic carbocycles. The summed E-state index contributed by atoms with van der Waals surface area (Å²) < 4.78 is 0. The van der Waals surface area contributed by atoms with Crippen LogP contribution in [0.3, 0.4) is 0 Å². The van der Waals surface area contributed by atoms with Crippen LogP contribution in [0.25, 0.3) is 0 Å². The van der Waals surface area contributed by atoms with Crippen molar-refractivity contribution >= 4 is 28.9 Å². The van der Waals surface area contributed by atoms with Crippen LogP contribution >= 0.6 is 22.9 Å². The van der Waals surface area contributed by atoms with E-state index in [4.69, 9.17) is 16.7 Å². The second-order valence-electron chi connectivity index (χ2n) is 8.18. The first-order valence-electron chi connectivity index (χ1n) is 10.7. The van der Waals surface area contributed by atoms with Gasteiger partial charge >= 0.3 is 5.97 Å². The smallest absolute Gasteiger partial charge is 0.345 e. The van der Waals surface area contributed by atoms with Crippen molar-refractivity contribution in [3.05, 3.63) is 57.3 Å². The fraction of sp³-hybridized carbons (Fsp3) is 0.542. The molecule has 1 aliphatic carbocycles. The molecule has 0 radical (unpaired) electrons. The van der Waals surface area contributed by atoms with E-state index >= 15 is 0 Å². The van der Waals surface area contributed by atoms with Crippen LogP contribution in [-0.4, -0.2) is 27.7 Å². The van der Waals surface area contributed by atoms with E-state index in [0.29, 0.717) is 17.2 Å². The van der Waals surface area contributed by atoms with Crippen molar-refractivity contribution in [3.8, 4) is 0 Å². The topological polar surface area (TPSA) is 57.5 Å². The van der Waals surface area contributed by atoms with E-state index in [0.717, 1.165) is 49.8 Å². The van der Waals surface area contributed by atoms with Crippen LogP contribution in [-0.2, 0) is 19.3 Å². The van der Waals surface area contributed by atoms with Crippen LogP contribution < -0.4 is 0 Å². The number of carboxylic acid groups (broad SMARTS) is 1. The number of aryl methyl sites for hydroxylation is 3. The van der Waals surface area contributed by atoms with Crippen LogP contribution in [0.4, 0.5) is 0 Å². The van der Waals surface area contributed by atoms with Crippen molar-refractivity contribution in [2.24, 2.45) is 11.8 Å². The molecule has 0 spiro atoms. The Morgan fingerprint density at radius 3 is 2.55 bits per heavy atom. The number of hydrogen-bond acceptors (Lipinski definition) is 3. The fourth-order valence-corrected chi connectivity index (χ4v) is 6.01.